The van der Waals surface area contributed by atoms with Crippen LogP contribution < -0.4 is 15.2 Å². The highest BCUT2D eigenvalue weighted by molar-refractivity contribution is 7.89. The van der Waals surface area contributed by atoms with E-state index in [0.717, 1.165) is 12.1 Å². The Morgan fingerprint density at radius 1 is 0.871 bits per heavy atom. The zero-order chi connectivity index (χ0) is 23.4. The van der Waals surface area contributed by atoms with Crippen LogP contribution in [0.25, 0.3) is 0 Å². The molecule has 1 amide bonds. The third-order valence-electron chi connectivity index (χ3n) is 3.89. The van der Waals surface area contributed by atoms with Gasteiger partial charge in [0.05, 0.1) is 15.4 Å². The Hall–Kier alpha value is -2.80. The van der Waals surface area contributed by atoms with Crippen LogP contribution in [0.2, 0.25) is 0 Å². The summed E-state index contributed by atoms with van der Waals surface area (Å²) in [6.45, 7) is 4.75. The van der Waals surface area contributed by atoms with Crippen molar-refractivity contribution in [3.63, 3.8) is 0 Å². The Bertz CT molecular complexity index is 1160. The molecule has 0 aliphatic rings. The van der Waals surface area contributed by atoms with Gasteiger partial charge in [-0.25, -0.2) is 31.5 Å². The van der Waals surface area contributed by atoms with Crippen molar-refractivity contribution < 1.29 is 31.2 Å². The number of anilines is 1. The second-order valence-electron chi connectivity index (χ2n) is 6.91. The molecule has 10 nitrogen and oxygen atoms in total. The number of benzene rings is 2. The fourth-order valence-corrected chi connectivity index (χ4v) is 4.17. The van der Waals surface area contributed by atoms with E-state index in [2.05, 4.69) is 10.0 Å². The topological polar surface area (TPSA) is 162 Å². The minimum absolute atomic E-state index is 0.0410. The molecule has 31 heavy (non-hydrogen) atoms. The number of hydrogen-bond acceptors (Lipinski definition) is 7. The first kappa shape index (κ1) is 24.5. The third-order valence-corrected chi connectivity index (χ3v) is 6.50. The Kier molecular flexibility index (Phi) is 7.54. The first-order chi connectivity index (χ1) is 14.3. The zero-order valence-electron chi connectivity index (χ0n) is 17.0. The number of carbonyl (C=O) groups is 2. The van der Waals surface area contributed by atoms with E-state index in [0.29, 0.717) is 5.69 Å². The van der Waals surface area contributed by atoms with Gasteiger partial charge in [-0.3, -0.25) is 4.79 Å². The summed E-state index contributed by atoms with van der Waals surface area (Å²) < 4.78 is 54.3. The third kappa shape index (κ3) is 6.85. The van der Waals surface area contributed by atoms with E-state index in [1.807, 2.05) is 0 Å². The lowest BCUT2D eigenvalue weighted by Crippen LogP contribution is -2.30. The van der Waals surface area contributed by atoms with Crippen LogP contribution in [-0.2, 0) is 29.6 Å². The molecule has 0 spiro atoms. The monoisotopic (exact) mass is 469 g/mol. The molecule has 0 radical (unpaired) electrons. The van der Waals surface area contributed by atoms with E-state index in [1.54, 1.807) is 13.8 Å². The largest absolute Gasteiger partial charge is 0.449 e. The lowest BCUT2D eigenvalue weighted by molar-refractivity contribution is -0.123. The zero-order valence-corrected chi connectivity index (χ0v) is 18.7. The van der Waals surface area contributed by atoms with Crippen molar-refractivity contribution in [1.29, 1.82) is 0 Å². The van der Waals surface area contributed by atoms with E-state index < -0.39 is 38.0 Å². The van der Waals surface area contributed by atoms with Gasteiger partial charge in [-0.1, -0.05) is 0 Å². The van der Waals surface area contributed by atoms with E-state index in [1.165, 1.54) is 43.3 Å². The highest BCUT2D eigenvalue weighted by Gasteiger charge is 2.20. The molecule has 0 bridgehead atoms. The number of nitrogens with two attached hydrogens (primary N) is 1. The van der Waals surface area contributed by atoms with Crippen LogP contribution in [0.4, 0.5) is 5.69 Å². The fourth-order valence-electron chi connectivity index (χ4n) is 2.40. The van der Waals surface area contributed by atoms with Gasteiger partial charge in [-0.05, 0) is 69.3 Å². The summed E-state index contributed by atoms with van der Waals surface area (Å²) >= 11 is 0. The Morgan fingerprint density at radius 2 is 1.39 bits per heavy atom. The molecule has 0 fully saturated rings. The van der Waals surface area contributed by atoms with E-state index in [-0.39, 0.29) is 21.4 Å². The minimum Gasteiger partial charge on any atom is -0.449 e. The number of hydrogen-bond donors (Lipinski definition) is 3. The number of sulfonamides is 2. The van der Waals surface area contributed by atoms with Crippen LogP contribution in [-0.4, -0.2) is 40.9 Å². The maximum absolute atomic E-state index is 12.3. The Labute approximate surface area is 180 Å². The summed E-state index contributed by atoms with van der Waals surface area (Å²) in [4.78, 5) is 24.3. The predicted molar refractivity (Wildman–Crippen MR) is 113 cm³/mol. The van der Waals surface area contributed by atoms with Crippen molar-refractivity contribution in [3.8, 4) is 0 Å². The summed E-state index contributed by atoms with van der Waals surface area (Å²) in [6, 6.07) is 9.97. The van der Waals surface area contributed by atoms with Crippen molar-refractivity contribution in [2.75, 3.05) is 5.32 Å². The molecule has 2 aromatic rings. The molecule has 0 aliphatic carbocycles. The number of rotatable bonds is 8. The molecular weight excluding hydrogens is 446 g/mol. The molecule has 0 heterocycles. The smallest absolute Gasteiger partial charge is 0.338 e. The number of amides is 1. The molecule has 0 saturated heterocycles. The van der Waals surface area contributed by atoms with E-state index >= 15 is 0 Å². The van der Waals surface area contributed by atoms with Gasteiger partial charge in [-0.15, -0.1) is 0 Å². The first-order valence-electron chi connectivity index (χ1n) is 9.06. The van der Waals surface area contributed by atoms with Gasteiger partial charge < -0.3 is 10.1 Å². The lowest BCUT2D eigenvalue weighted by Gasteiger charge is -2.14. The summed E-state index contributed by atoms with van der Waals surface area (Å²) in [6.07, 6.45) is -1.17. The summed E-state index contributed by atoms with van der Waals surface area (Å²) in [5.41, 5.74) is 0.355. The van der Waals surface area contributed by atoms with Crippen LogP contribution in [0.3, 0.4) is 0 Å². The van der Waals surface area contributed by atoms with Crippen molar-refractivity contribution >= 4 is 37.6 Å². The van der Waals surface area contributed by atoms with Gasteiger partial charge in [0.25, 0.3) is 5.91 Å². The van der Waals surface area contributed by atoms with Gasteiger partial charge in [0, 0.05) is 11.7 Å². The quantitative estimate of drug-likeness (QED) is 0.489. The average Bonchev–Trinajstić information content (AvgIpc) is 2.66. The van der Waals surface area contributed by atoms with Gasteiger partial charge in [0.1, 0.15) is 0 Å². The molecule has 0 aromatic heterocycles. The van der Waals surface area contributed by atoms with Gasteiger partial charge in [0.15, 0.2) is 6.10 Å². The number of primary sulfonamides is 1. The molecule has 2 rings (SSSR count). The molecule has 12 heteroatoms. The molecule has 0 saturated carbocycles. The molecular formula is C19H23N3O7S2. The predicted octanol–water partition coefficient (Wildman–Crippen LogP) is 1.20. The van der Waals surface area contributed by atoms with Crippen molar-refractivity contribution in [2.45, 2.75) is 42.7 Å². The standard InChI is InChI=1S/C19H23N3O7S2/c1-12(2)22-31(27,28)17-10-6-15(7-11-17)21-18(23)13(3)29-19(24)14-4-8-16(9-5-14)30(20,25)26/h4-13,22H,1-3H3,(H,21,23)(H2,20,25,26). The molecule has 0 aliphatic heterocycles. The fraction of sp³-hybridized carbons (Fsp3) is 0.263. The van der Waals surface area contributed by atoms with Gasteiger partial charge in [0.2, 0.25) is 20.0 Å². The molecule has 168 valence electrons. The number of nitrogens with one attached hydrogen (secondary N) is 2. The van der Waals surface area contributed by atoms with Crippen LogP contribution in [0.15, 0.2) is 58.3 Å². The van der Waals surface area contributed by atoms with Crippen molar-refractivity contribution in [1.82, 2.24) is 4.72 Å². The maximum Gasteiger partial charge on any atom is 0.338 e. The Morgan fingerprint density at radius 3 is 1.87 bits per heavy atom. The van der Waals surface area contributed by atoms with E-state index in [4.69, 9.17) is 9.88 Å². The second-order valence-corrected chi connectivity index (χ2v) is 10.2. The highest BCUT2D eigenvalue weighted by atomic mass is 32.2. The van der Waals surface area contributed by atoms with Gasteiger partial charge in [-0.2, -0.15) is 0 Å². The summed E-state index contributed by atoms with van der Waals surface area (Å²) in [7, 11) is -7.55. The molecule has 4 N–H and O–H groups in total. The summed E-state index contributed by atoms with van der Waals surface area (Å²) in [5.74, 6) is -1.46. The average molecular weight is 470 g/mol. The second kappa shape index (κ2) is 9.56. The van der Waals surface area contributed by atoms with Crippen molar-refractivity contribution in [3.05, 3.63) is 54.1 Å². The number of ether oxygens (including phenoxy) is 1. The van der Waals surface area contributed by atoms with Crippen LogP contribution in [0.5, 0.6) is 0 Å². The maximum atomic E-state index is 12.3. The van der Waals surface area contributed by atoms with Crippen LogP contribution in [0, 0.1) is 0 Å². The summed E-state index contributed by atoms with van der Waals surface area (Å²) in [5, 5.41) is 7.52. The van der Waals surface area contributed by atoms with Crippen LogP contribution >= 0.6 is 0 Å². The number of carbonyl (C=O) groups excluding carboxylic acids is 2. The van der Waals surface area contributed by atoms with E-state index in [9.17, 15) is 26.4 Å². The Balaban J connectivity index is 2.00. The minimum atomic E-state index is -3.89. The normalized spacial score (nSPS) is 12.9. The molecule has 1 atom stereocenters. The molecule has 2 aromatic carbocycles. The van der Waals surface area contributed by atoms with Gasteiger partial charge >= 0.3 is 5.97 Å². The lowest BCUT2D eigenvalue weighted by atomic mass is 10.2. The van der Waals surface area contributed by atoms with Crippen molar-refractivity contribution in [2.24, 2.45) is 5.14 Å². The molecule has 1 unspecified atom stereocenters. The van der Waals surface area contributed by atoms with Crippen LogP contribution in [0.1, 0.15) is 31.1 Å². The highest BCUT2D eigenvalue weighted by Crippen LogP contribution is 2.16. The SMILES string of the molecule is CC(C)NS(=O)(=O)c1ccc(NC(=O)C(C)OC(=O)c2ccc(S(N)(=O)=O)cc2)cc1. The first-order valence-corrected chi connectivity index (χ1v) is 12.1. The number of esters is 1.